The second kappa shape index (κ2) is 4.36. The lowest BCUT2D eigenvalue weighted by atomic mass is 9.53. The Labute approximate surface area is 115 Å². The molecule has 1 aromatic carbocycles. The van der Waals surface area contributed by atoms with Crippen LogP contribution in [-0.4, -0.2) is 5.91 Å². The third-order valence-electron chi connectivity index (χ3n) is 5.49. The summed E-state index contributed by atoms with van der Waals surface area (Å²) in [5, 5.41) is 3.25. The topological polar surface area (TPSA) is 29.1 Å². The van der Waals surface area contributed by atoms with Gasteiger partial charge in [-0.1, -0.05) is 57.0 Å². The molecule has 1 amide bonds. The third-order valence-corrected chi connectivity index (χ3v) is 5.49. The van der Waals surface area contributed by atoms with E-state index in [9.17, 15) is 4.79 Å². The van der Waals surface area contributed by atoms with E-state index < -0.39 is 0 Å². The van der Waals surface area contributed by atoms with E-state index in [4.69, 9.17) is 0 Å². The molecule has 19 heavy (non-hydrogen) atoms. The highest BCUT2D eigenvalue weighted by molar-refractivity contribution is 5.80. The molecule has 1 saturated heterocycles. The summed E-state index contributed by atoms with van der Waals surface area (Å²) >= 11 is 0. The molecular formula is C17H23NO. The van der Waals surface area contributed by atoms with Gasteiger partial charge in [-0.2, -0.15) is 0 Å². The first-order valence-corrected chi connectivity index (χ1v) is 7.40. The molecule has 2 unspecified atom stereocenters. The fraction of sp³-hybridized carbons (Fsp3) is 0.588. The normalized spacial score (nSPS) is 33.4. The summed E-state index contributed by atoms with van der Waals surface area (Å²) in [6.07, 6.45) is 5.63. The fourth-order valence-corrected chi connectivity index (χ4v) is 4.24. The number of benzene rings is 1. The van der Waals surface area contributed by atoms with Crippen LogP contribution in [0.4, 0.5) is 0 Å². The molecular weight excluding hydrogens is 234 g/mol. The average Bonchev–Trinajstić information content (AvgIpc) is 2.73. The predicted molar refractivity (Wildman–Crippen MR) is 76.6 cm³/mol. The Bertz CT molecular complexity index is 479. The van der Waals surface area contributed by atoms with Crippen LogP contribution in [0.15, 0.2) is 30.3 Å². The number of hydrogen-bond donors (Lipinski definition) is 1. The van der Waals surface area contributed by atoms with Gasteiger partial charge in [-0.3, -0.25) is 4.79 Å². The molecule has 1 N–H and O–H groups in total. The van der Waals surface area contributed by atoms with Gasteiger partial charge in [-0.05, 0) is 23.8 Å². The molecule has 1 saturated carbocycles. The van der Waals surface area contributed by atoms with Crippen molar-refractivity contribution in [2.45, 2.75) is 52.0 Å². The van der Waals surface area contributed by atoms with E-state index in [-0.39, 0.29) is 22.8 Å². The van der Waals surface area contributed by atoms with Gasteiger partial charge in [0.25, 0.3) is 0 Å². The molecule has 0 aromatic heterocycles. The Hall–Kier alpha value is -1.31. The summed E-state index contributed by atoms with van der Waals surface area (Å²) in [6.45, 7) is 4.70. The lowest BCUT2D eigenvalue weighted by Crippen LogP contribution is -2.44. The summed E-state index contributed by atoms with van der Waals surface area (Å²) in [5.74, 6) is 0.226. The minimum Gasteiger partial charge on any atom is -0.349 e. The molecule has 0 radical (unpaired) electrons. The first kappa shape index (κ1) is 12.7. The Morgan fingerprint density at radius 3 is 2.47 bits per heavy atom. The van der Waals surface area contributed by atoms with Gasteiger partial charge in [0.2, 0.25) is 5.91 Å². The van der Waals surface area contributed by atoms with Gasteiger partial charge in [0.1, 0.15) is 0 Å². The van der Waals surface area contributed by atoms with Crippen LogP contribution >= 0.6 is 0 Å². The minimum absolute atomic E-state index is 0.101. The molecule has 2 fully saturated rings. The zero-order chi connectivity index (χ0) is 13.5. The van der Waals surface area contributed by atoms with Crippen molar-refractivity contribution in [1.29, 1.82) is 0 Å². The Morgan fingerprint density at radius 2 is 1.79 bits per heavy atom. The van der Waals surface area contributed by atoms with Crippen molar-refractivity contribution in [3.63, 3.8) is 0 Å². The molecule has 1 aromatic rings. The van der Waals surface area contributed by atoms with E-state index in [1.54, 1.807) is 0 Å². The van der Waals surface area contributed by atoms with Gasteiger partial charge >= 0.3 is 0 Å². The lowest BCUT2D eigenvalue weighted by Gasteiger charge is -2.50. The highest BCUT2D eigenvalue weighted by atomic mass is 16.2. The van der Waals surface area contributed by atoms with Crippen molar-refractivity contribution in [1.82, 2.24) is 5.32 Å². The molecule has 2 aliphatic rings. The SMILES string of the molecule is CC1(C)CCCCC12CC(=O)NC2c1ccccc1. The molecule has 1 spiro atoms. The van der Waals surface area contributed by atoms with E-state index in [2.05, 4.69) is 43.4 Å². The van der Waals surface area contributed by atoms with Gasteiger partial charge in [-0.15, -0.1) is 0 Å². The van der Waals surface area contributed by atoms with Crippen LogP contribution in [0.2, 0.25) is 0 Å². The largest absolute Gasteiger partial charge is 0.349 e. The minimum atomic E-state index is 0.101. The van der Waals surface area contributed by atoms with Crippen LogP contribution in [0.5, 0.6) is 0 Å². The summed E-state index contributed by atoms with van der Waals surface area (Å²) in [4.78, 5) is 12.1. The first-order valence-electron chi connectivity index (χ1n) is 7.40. The summed E-state index contributed by atoms with van der Waals surface area (Å²) in [6, 6.07) is 10.7. The van der Waals surface area contributed by atoms with E-state index in [1.807, 2.05) is 6.07 Å². The average molecular weight is 257 g/mol. The smallest absolute Gasteiger partial charge is 0.221 e. The van der Waals surface area contributed by atoms with Crippen molar-refractivity contribution < 1.29 is 4.79 Å². The number of carbonyl (C=O) groups excluding carboxylic acids is 1. The maximum Gasteiger partial charge on any atom is 0.221 e. The zero-order valence-corrected chi connectivity index (χ0v) is 11.9. The quantitative estimate of drug-likeness (QED) is 0.814. The van der Waals surface area contributed by atoms with Crippen LogP contribution in [0.3, 0.4) is 0 Å². The fourth-order valence-electron chi connectivity index (χ4n) is 4.24. The molecule has 3 rings (SSSR count). The molecule has 2 heteroatoms. The molecule has 1 aliphatic carbocycles. The van der Waals surface area contributed by atoms with Crippen LogP contribution in [-0.2, 0) is 4.79 Å². The number of hydrogen-bond acceptors (Lipinski definition) is 1. The maximum absolute atomic E-state index is 12.1. The molecule has 1 heterocycles. The van der Waals surface area contributed by atoms with Crippen LogP contribution in [0.1, 0.15) is 57.6 Å². The van der Waals surface area contributed by atoms with Crippen molar-refractivity contribution in [3.05, 3.63) is 35.9 Å². The van der Waals surface area contributed by atoms with Crippen LogP contribution < -0.4 is 5.32 Å². The Balaban J connectivity index is 2.05. The highest BCUT2D eigenvalue weighted by Crippen LogP contribution is 2.61. The summed E-state index contributed by atoms with van der Waals surface area (Å²) < 4.78 is 0. The lowest BCUT2D eigenvalue weighted by molar-refractivity contribution is -0.120. The van der Waals surface area contributed by atoms with Crippen molar-refractivity contribution in [2.75, 3.05) is 0 Å². The number of nitrogens with one attached hydrogen (secondary N) is 1. The van der Waals surface area contributed by atoms with Crippen LogP contribution in [0, 0.1) is 10.8 Å². The molecule has 1 aliphatic heterocycles. The maximum atomic E-state index is 12.1. The van der Waals surface area contributed by atoms with Crippen molar-refractivity contribution in [2.24, 2.45) is 10.8 Å². The van der Waals surface area contributed by atoms with Gasteiger partial charge in [0.15, 0.2) is 0 Å². The van der Waals surface area contributed by atoms with Crippen LogP contribution in [0.25, 0.3) is 0 Å². The Kier molecular flexibility index (Phi) is 2.92. The number of rotatable bonds is 1. The highest BCUT2D eigenvalue weighted by Gasteiger charge is 2.56. The van der Waals surface area contributed by atoms with E-state index >= 15 is 0 Å². The molecule has 2 atom stereocenters. The summed E-state index contributed by atoms with van der Waals surface area (Å²) in [7, 11) is 0. The Morgan fingerprint density at radius 1 is 1.11 bits per heavy atom. The number of carbonyl (C=O) groups is 1. The molecule has 102 valence electrons. The third kappa shape index (κ3) is 1.89. The van der Waals surface area contributed by atoms with Gasteiger partial charge < -0.3 is 5.32 Å². The van der Waals surface area contributed by atoms with Gasteiger partial charge in [-0.25, -0.2) is 0 Å². The zero-order valence-electron chi connectivity index (χ0n) is 11.9. The molecule has 0 bridgehead atoms. The summed E-state index contributed by atoms with van der Waals surface area (Å²) in [5.41, 5.74) is 1.59. The van der Waals surface area contributed by atoms with E-state index in [1.165, 1.54) is 24.8 Å². The molecule has 2 nitrogen and oxygen atoms in total. The predicted octanol–water partition coefficient (Wildman–Crippen LogP) is 3.83. The second-order valence-electron chi connectivity index (χ2n) is 6.84. The van der Waals surface area contributed by atoms with E-state index in [0.29, 0.717) is 6.42 Å². The second-order valence-corrected chi connectivity index (χ2v) is 6.84. The van der Waals surface area contributed by atoms with Gasteiger partial charge in [0, 0.05) is 11.8 Å². The van der Waals surface area contributed by atoms with E-state index in [0.717, 1.165) is 6.42 Å². The number of amides is 1. The monoisotopic (exact) mass is 257 g/mol. The standard InChI is InChI=1S/C17H23NO/c1-16(2)10-6-7-11-17(16)12-14(19)18-15(17)13-8-4-3-5-9-13/h3-5,8-9,15H,6-7,10-12H2,1-2H3,(H,18,19). The van der Waals surface area contributed by atoms with Crippen molar-refractivity contribution >= 4 is 5.91 Å². The first-order chi connectivity index (χ1) is 9.05. The van der Waals surface area contributed by atoms with Gasteiger partial charge in [0.05, 0.1) is 6.04 Å². The van der Waals surface area contributed by atoms with Crippen molar-refractivity contribution in [3.8, 4) is 0 Å².